The smallest absolute Gasteiger partial charge is 0.200 e. The summed E-state index contributed by atoms with van der Waals surface area (Å²) < 4.78 is 192. The summed E-state index contributed by atoms with van der Waals surface area (Å²) in [5.74, 6) is -45.9. The summed E-state index contributed by atoms with van der Waals surface area (Å²) in [6.45, 7) is 1.32. The third-order valence-corrected chi connectivity index (χ3v) is 4.54. The quantitative estimate of drug-likeness (QED) is 0.156. The minimum atomic E-state index is -8.21. The van der Waals surface area contributed by atoms with Crippen LogP contribution in [0.15, 0.2) is 0 Å². The van der Waals surface area contributed by atoms with Gasteiger partial charge in [0.1, 0.15) is 0 Å². The largest absolute Gasteiger partial charge is 0.460 e. The predicted molar refractivity (Wildman–Crippen MR) is 73.1 cm³/mol. The number of halogens is 16. The van der Waals surface area contributed by atoms with E-state index < -0.39 is 52.1 Å². The zero-order chi connectivity index (χ0) is 23.2. The summed E-state index contributed by atoms with van der Waals surface area (Å²) in [6, 6.07) is 0. The fourth-order valence-electron chi connectivity index (χ4n) is 1.82. The molecule has 0 fully saturated rings. The third-order valence-electron chi connectivity index (χ3n) is 3.47. The molecule has 0 radical (unpaired) electrons. The highest BCUT2D eigenvalue weighted by Gasteiger charge is 2.93. The zero-order valence-electron chi connectivity index (χ0n) is 13.2. The third kappa shape index (κ3) is 4.11. The fourth-order valence-corrected chi connectivity index (χ4v) is 3.00. The molecule has 0 heterocycles. The van der Waals surface area contributed by atoms with E-state index in [9.17, 15) is 65.9 Å². The van der Waals surface area contributed by atoms with Gasteiger partial charge in [-0.2, -0.15) is 65.9 Å². The van der Waals surface area contributed by atoms with Crippen LogP contribution < -0.4 is 0 Å². The second kappa shape index (κ2) is 7.74. The molecule has 170 valence electrons. The SMILES string of the molecule is CCCC(I)CC(F)(F)C(F)(F)C(F)(F)C(F)(F)C(F)(F)C(F)(F)C(F)(F)F. The maximum atomic E-state index is 13.5. The fraction of sp³-hybridized carbons (Fsp3) is 1.00. The zero-order valence-corrected chi connectivity index (χ0v) is 15.4. The van der Waals surface area contributed by atoms with Gasteiger partial charge in [-0.25, -0.2) is 0 Å². The lowest BCUT2D eigenvalue weighted by molar-refractivity contribution is -0.452. The van der Waals surface area contributed by atoms with E-state index in [4.69, 9.17) is 0 Å². The van der Waals surface area contributed by atoms with Crippen LogP contribution in [0.4, 0.5) is 65.9 Å². The van der Waals surface area contributed by atoms with Gasteiger partial charge in [-0.1, -0.05) is 35.9 Å². The van der Waals surface area contributed by atoms with E-state index in [1.165, 1.54) is 6.92 Å². The standard InChI is InChI=1S/C12H10F15I/c1-2-3-5(28)4-6(13,14)7(15,16)8(17,18)9(19,20)10(21,22)11(23,24)12(25,26)27/h5H,2-4H2,1H3. The Morgan fingerprint density at radius 1 is 0.571 bits per heavy atom. The molecular formula is C12H10F15I. The van der Waals surface area contributed by atoms with E-state index in [1.54, 1.807) is 0 Å². The van der Waals surface area contributed by atoms with Crippen molar-refractivity contribution in [3.8, 4) is 0 Å². The first-order chi connectivity index (χ1) is 12.0. The maximum absolute atomic E-state index is 13.5. The molecule has 0 saturated carbocycles. The Kier molecular flexibility index (Phi) is 7.65. The Hall–Kier alpha value is -0.320. The van der Waals surface area contributed by atoms with Gasteiger partial charge in [0.25, 0.3) is 0 Å². The van der Waals surface area contributed by atoms with Gasteiger partial charge >= 0.3 is 41.7 Å². The van der Waals surface area contributed by atoms with Crippen molar-refractivity contribution >= 4 is 22.6 Å². The van der Waals surface area contributed by atoms with Gasteiger partial charge in [0.05, 0.1) is 0 Å². The van der Waals surface area contributed by atoms with Crippen molar-refractivity contribution in [2.24, 2.45) is 0 Å². The van der Waals surface area contributed by atoms with Crippen molar-refractivity contribution in [1.29, 1.82) is 0 Å². The molecular weight excluding hydrogens is 556 g/mol. The number of rotatable bonds is 9. The van der Waals surface area contributed by atoms with Crippen LogP contribution in [0.25, 0.3) is 0 Å². The van der Waals surface area contributed by atoms with Crippen LogP contribution in [0.5, 0.6) is 0 Å². The van der Waals surface area contributed by atoms with E-state index >= 15 is 0 Å². The Balaban J connectivity index is 6.32. The van der Waals surface area contributed by atoms with Gasteiger partial charge in [0.2, 0.25) is 0 Å². The van der Waals surface area contributed by atoms with Crippen LogP contribution in [0.1, 0.15) is 26.2 Å². The number of hydrogen-bond donors (Lipinski definition) is 0. The molecule has 0 aliphatic heterocycles. The molecule has 0 nitrogen and oxygen atoms in total. The molecule has 0 aromatic heterocycles. The minimum Gasteiger partial charge on any atom is -0.200 e. The van der Waals surface area contributed by atoms with Crippen molar-refractivity contribution in [3.05, 3.63) is 0 Å². The first-order valence-electron chi connectivity index (χ1n) is 6.93. The van der Waals surface area contributed by atoms with Gasteiger partial charge < -0.3 is 0 Å². The molecule has 0 rings (SSSR count). The second-order valence-corrected chi connectivity index (χ2v) is 7.43. The highest BCUT2D eigenvalue weighted by Crippen LogP contribution is 2.62. The summed E-state index contributed by atoms with van der Waals surface area (Å²) in [5.41, 5.74) is 0. The number of hydrogen-bond acceptors (Lipinski definition) is 0. The molecule has 0 saturated heterocycles. The van der Waals surface area contributed by atoms with Gasteiger partial charge in [0.15, 0.2) is 0 Å². The monoisotopic (exact) mass is 566 g/mol. The molecule has 0 amide bonds. The van der Waals surface area contributed by atoms with E-state index in [2.05, 4.69) is 0 Å². The van der Waals surface area contributed by atoms with Gasteiger partial charge in [-0.3, -0.25) is 0 Å². The first kappa shape index (κ1) is 27.7. The summed E-state index contributed by atoms with van der Waals surface area (Å²) in [6.07, 6.45) is -10.2. The molecule has 1 atom stereocenters. The van der Waals surface area contributed by atoms with Crippen LogP contribution in [0.3, 0.4) is 0 Å². The number of alkyl halides is 16. The Labute approximate surface area is 160 Å². The van der Waals surface area contributed by atoms with E-state index in [1.807, 2.05) is 0 Å². The molecule has 16 heteroatoms. The molecule has 0 aliphatic carbocycles. The Bertz CT molecular complexity index is 536. The van der Waals surface area contributed by atoms with E-state index in [-0.39, 0.29) is 12.8 Å². The van der Waals surface area contributed by atoms with E-state index in [0.717, 1.165) is 22.6 Å². The van der Waals surface area contributed by atoms with Gasteiger partial charge in [-0.05, 0) is 6.42 Å². The van der Waals surface area contributed by atoms with Gasteiger partial charge in [-0.15, -0.1) is 0 Å². The normalized spacial score (nSPS) is 17.0. The predicted octanol–water partition coefficient (Wildman–Crippen LogP) is 7.35. The van der Waals surface area contributed by atoms with Crippen LogP contribution in [0, 0.1) is 0 Å². The summed E-state index contributed by atoms with van der Waals surface area (Å²) in [5, 5.41) is 0. The minimum absolute atomic E-state index is 0.0255. The Morgan fingerprint density at radius 3 is 1.21 bits per heavy atom. The Morgan fingerprint density at radius 2 is 0.893 bits per heavy atom. The summed E-state index contributed by atoms with van der Waals surface area (Å²) >= 11 is 1.03. The molecule has 0 aromatic rings. The maximum Gasteiger partial charge on any atom is 0.460 e. The van der Waals surface area contributed by atoms with Crippen molar-refractivity contribution < 1.29 is 65.9 Å². The van der Waals surface area contributed by atoms with Crippen molar-refractivity contribution in [1.82, 2.24) is 0 Å². The van der Waals surface area contributed by atoms with E-state index in [0.29, 0.717) is 0 Å². The van der Waals surface area contributed by atoms with Crippen molar-refractivity contribution in [3.63, 3.8) is 0 Å². The average Bonchev–Trinajstić information content (AvgIpc) is 2.44. The van der Waals surface area contributed by atoms with Crippen molar-refractivity contribution in [2.75, 3.05) is 0 Å². The van der Waals surface area contributed by atoms with Crippen LogP contribution in [-0.2, 0) is 0 Å². The lowest BCUT2D eigenvalue weighted by Gasteiger charge is -2.41. The summed E-state index contributed by atoms with van der Waals surface area (Å²) in [4.78, 5) is 0. The first-order valence-corrected chi connectivity index (χ1v) is 8.18. The molecule has 1 unspecified atom stereocenters. The topological polar surface area (TPSA) is 0 Å². The van der Waals surface area contributed by atoms with Gasteiger partial charge in [0, 0.05) is 10.3 Å². The lowest BCUT2D eigenvalue weighted by Crippen LogP contribution is -2.72. The second-order valence-electron chi connectivity index (χ2n) is 5.66. The van der Waals surface area contributed by atoms with Crippen LogP contribution in [0.2, 0.25) is 0 Å². The highest BCUT2D eigenvalue weighted by atomic mass is 127. The molecule has 0 aromatic carbocycles. The molecule has 0 bridgehead atoms. The van der Waals surface area contributed by atoms with Crippen LogP contribution in [-0.4, -0.2) is 45.6 Å². The van der Waals surface area contributed by atoms with Crippen molar-refractivity contribution in [2.45, 2.75) is 71.8 Å². The highest BCUT2D eigenvalue weighted by molar-refractivity contribution is 14.1. The molecule has 0 spiro atoms. The average molecular weight is 566 g/mol. The molecule has 0 aliphatic rings. The molecule has 0 N–H and O–H groups in total. The van der Waals surface area contributed by atoms with Crippen LogP contribution >= 0.6 is 22.6 Å². The summed E-state index contributed by atoms with van der Waals surface area (Å²) in [7, 11) is 0. The molecule has 28 heavy (non-hydrogen) atoms. The lowest BCUT2D eigenvalue weighted by atomic mass is 9.89.